The third kappa shape index (κ3) is 3.75. The quantitative estimate of drug-likeness (QED) is 0.389. The van der Waals surface area contributed by atoms with E-state index in [0.717, 1.165) is 11.1 Å². The van der Waals surface area contributed by atoms with Gasteiger partial charge in [0, 0.05) is 17.7 Å². The van der Waals surface area contributed by atoms with Crippen LogP contribution in [0.5, 0.6) is 0 Å². The van der Waals surface area contributed by atoms with Gasteiger partial charge in [-0.2, -0.15) is 0 Å². The van der Waals surface area contributed by atoms with Crippen LogP contribution < -0.4 is 0 Å². The summed E-state index contributed by atoms with van der Waals surface area (Å²) in [5.41, 5.74) is 1.97. The molecule has 0 saturated heterocycles. The molecule has 132 valence electrons. The highest BCUT2D eigenvalue weighted by molar-refractivity contribution is 5.89. The molecule has 0 spiro atoms. The number of hydrogen-bond acceptors (Lipinski definition) is 7. The first-order chi connectivity index (χ1) is 12.4. The van der Waals surface area contributed by atoms with E-state index in [9.17, 15) is 14.9 Å². The number of aryl methyl sites for hydroxylation is 1. The fourth-order valence-corrected chi connectivity index (χ4v) is 2.21. The lowest BCUT2D eigenvalue weighted by atomic mass is 10.1. The van der Waals surface area contributed by atoms with Crippen LogP contribution in [0.1, 0.15) is 34.8 Å². The minimum atomic E-state index is -0.760. The first-order valence-electron chi connectivity index (χ1n) is 7.80. The second-order valence-electron chi connectivity index (χ2n) is 5.66. The highest BCUT2D eigenvalue weighted by atomic mass is 16.6. The molecule has 0 radical (unpaired) electrons. The molecule has 0 amide bonds. The second kappa shape index (κ2) is 7.14. The first kappa shape index (κ1) is 17.3. The third-order valence-corrected chi connectivity index (χ3v) is 3.68. The Kier molecular flexibility index (Phi) is 4.74. The Bertz CT molecular complexity index is 932. The van der Waals surface area contributed by atoms with Crippen molar-refractivity contribution in [3.05, 3.63) is 75.7 Å². The van der Waals surface area contributed by atoms with E-state index < -0.39 is 17.0 Å². The van der Waals surface area contributed by atoms with Crippen molar-refractivity contribution < 1.29 is 18.9 Å². The van der Waals surface area contributed by atoms with Gasteiger partial charge < -0.3 is 9.15 Å². The normalized spacial score (nSPS) is 11.8. The van der Waals surface area contributed by atoms with Gasteiger partial charge in [-0.1, -0.05) is 17.7 Å². The zero-order valence-electron chi connectivity index (χ0n) is 14.1. The molecule has 1 atom stereocenters. The maximum Gasteiger partial charge on any atom is 0.338 e. The van der Waals surface area contributed by atoms with Crippen LogP contribution >= 0.6 is 0 Å². The molecule has 8 nitrogen and oxygen atoms in total. The average Bonchev–Trinajstić information content (AvgIpc) is 3.12. The van der Waals surface area contributed by atoms with Crippen molar-refractivity contribution in [3.63, 3.8) is 0 Å². The lowest BCUT2D eigenvalue weighted by Crippen LogP contribution is -2.09. The smallest absolute Gasteiger partial charge is 0.338 e. The number of ether oxygens (including phenoxy) is 1. The highest BCUT2D eigenvalue weighted by Gasteiger charge is 2.20. The average molecular weight is 353 g/mol. The van der Waals surface area contributed by atoms with Crippen LogP contribution in [0.3, 0.4) is 0 Å². The van der Waals surface area contributed by atoms with Gasteiger partial charge >= 0.3 is 5.97 Å². The highest BCUT2D eigenvalue weighted by Crippen LogP contribution is 2.23. The van der Waals surface area contributed by atoms with E-state index >= 15 is 0 Å². The summed E-state index contributed by atoms with van der Waals surface area (Å²) in [6.45, 7) is 3.58. The molecule has 0 aliphatic heterocycles. The number of carbonyl (C=O) groups is 1. The Morgan fingerprint density at radius 1 is 1.12 bits per heavy atom. The largest absolute Gasteiger partial charge is 0.449 e. The molecule has 2 aromatic carbocycles. The maximum atomic E-state index is 12.1. The molecule has 3 rings (SSSR count). The molecule has 0 saturated carbocycles. The Labute approximate surface area is 148 Å². The van der Waals surface area contributed by atoms with Crippen LogP contribution in [0, 0.1) is 17.0 Å². The predicted molar refractivity (Wildman–Crippen MR) is 91.4 cm³/mol. The molecule has 0 aliphatic rings. The summed E-state index contributed by atoms with van der Waals surface area (Å²) < 4.78 is 10.9. The van der Waals surface area contributed by atoms with Crippen LogP contribution in [0.15, 0.2) is 52.9 Å². The van der Waals surface area contributed by atoms with Crippen molar-refractivity contribution in [2.45, 2.75) is 20.0 Å². The fraction of sp³-hybridized carbons (Fsp3) is 0.167. The molecule has 0 bridgehead atoms. The standard InChI is InChI=1S/C18H15N3O5/c1-11-3-5-13(6-4-11)17-20-19-16(26-17)12(2)25-18(22)14-7-9-15(10-8-14)21(23)24/h3-10,12H,1-2H3/t12-/m1/s1. The Morgan fingerprint density at radius 2 is 1.77 bits per heavy atom. The number of nitro benzene ring substituents is 1. The van der Waals surface area contributed by atoms with E-state index in [2.05, 4.69) is 10.2 Å². The molecular formula is C18H15N3O5. The van der Waals surface area contributed by atoms with Crippen molar-refractivity contribution in [2.24, 2.45) is 0 Å². The number of rotatable bonds is 5. The minimum absolute atomic E-state index is 0.103. The monoisotopic (exact) mass is 353 g/mol. The number of nitro groups is 1. The number of non-ortho nitro benzene ring substituents is 1. The first-order valence-corrected chi connectivity index (χ1v) is 7.80. The van der Waals surface area contributed by atoms with Crippen LogP contribution in [0.2, 0.25) is 0 Å². The van der Waals surface area contributed by atoms with Crippen LogP contribution in [-0.2, 0) is 4.74 Å². The van der Waals surface area contributed by atoms with Gasteiger partial charge in [0.2, 0.25) is 5.89 Å². The molecule has 8 heteroatoms. The van der Waals surface area contributed by atoms with Gasteiger partial charge in [0.05, 0.1) is 10.5 Å². The van der Waals surface area contributed by atoms with Crippen molar-refractivity contribution in [2.75, 3.05) is 0 Å². The molecule has 1 heterocycles. The molecular weight excluding hydrogens is 338 g/mol. The summed E-state index contributed by atoms with van der Waals surface area (Å²) in [5, 5.41) is 18.5. The summed E-state index contributed by atoms with van der Waals surface area (Å²) in [6.07, 6.45) is -0.760. The second-order valence-corrected chi connectivity index (χ2v) is 5.66. The summed E-state index contributed by atoms with van der Waals surface area (Å²) in [7, 11) is 0. The predicted octanol–water partition coefficient (Wildman–Crippen LogP) is 3.87. The number of esters is 1. The van der Waals surface area contributed by atoms with Crippen LogP contribution in [-0.4, -0.2) is 21.1 Å². The lowest BCUT2D eigenvalue weighted by Gasteiger charge is -2.09. The molecule has 26 heavy (non-hydrogen) atoms. The number of hydrogen-bond donors (Lipinski definition) is 0. The number of aromatic nitrogens is 2. The van der Waals surface area contributed by atoms with Crippen molar-refractivity contribution in [1.29, 1.82) is 0 Å². The van der Waals surface area contributed by atoms with Gasteiger partial charge in [0.25, 0.3) is 11.6 Å². The van der Waals surface area contributed by atoms with E-state index in [1.54, 1.807) is 6.92 Å². The molecule has 0 aliphatic carbocycles. The van der Waals surface area contributed by atoms with E-state index in [4.69, 9.17) is 9.15 Å². The lowest BCUT2D eigenvalue weighted by molar-refractivity contribution is -0.384. The van der Waals surface area contributed by atoms with E-state index in [1.807, 2.05) is 31.2 Å². The third-order valence-electron chi connectivity index (χ3n) is 3.68. The number of benzene rings is 2. The number of nitrogens with zero attached hydrogens (tertiary/aromatic N) is 3. The molecule has 3 aromatic rings. The summed E-state index contributed by atoms with van der Waals surface area (Å²) in [6, 6.07) is 12.7. The topological polar surface area (TPSA) is 108 Å². The van der Waals surface area contributed by atoms with Gasteiger partial charge in [-0.15, -0.1) is 10.2 Å². The van der Waals surface area contributed by atoms with Crippen molar-refractivity contribution in [1.82, 2.24) is 10.2 Å². The summed E-state index contributed by atoms with van der Waals surface area (Å²) in [5.74, 6) is -0.142. The van der Waals surface area contributed by atoms with Crippen LogP contribution in [0.25, 0.3) is 11.5 Å². The zero-order valence-corrected chi connectivity index (χ0v) is 14.1. The SMILES string of the molecule is Cc1ccc(-c2nnc([C@@H](C)OC(=O)c3ccc([N+](=O)[O-])cc3)o2)cc1. The van der Waals surface area contributed by atoms with Crippen molar-refractivity contribution in [3.8, 4) is 11.5 Å². The Hall–Kier alpha value is -3.55. The van der Waals surface area contributed by atoms with E-state index in [1.165, 1.54) is 24.3 Å². The molecule has 0 unspecified atom stereocenters. The number of carbonyl (C=O) groups excluding carboxylic acids is 1. The van der Waals surface area contributed by atoms with Gasteiger partial charge in [-0.25, -0.2) is 4.79 Å². The Morgan fingerprint density at radius 3 is 2.38 bits per heavy atom. The molecule has 0 fully saturated rings. The minimum Gasteiger partial charge on any atom is -0.449 e. The Balaban J connectivity index is 1.69. The van der Waals surface area contributed by atoms with Gasteiger partial charge in [-0.05, 0) is 38.1 Å². The molecule has 1 aromatic heterocycles. The summed E-state index contributed by atoms with van der Waals surface area (Å²) >= 11 is 0. The molecule has 0 N–H and O–H groups in total. The van der Waals surface area contributed by atoms with Crippen LogP contribution in [0.4, 0.5) is 5.69 Å². The fourth-order valence-electron chi connectivity index (χ4n) is 2.21. The summed E-state index contributed by atoms with van der Waals surface area (Å²) in [4.78, 5) is 22.2. The van der Waals surface area contributed by atoms with Gasteiger partial charge in [0.15, 0.2) is 6.10 Å². The zero-order chi connectivity index (χ0) is 18.7. The van der Waals surface area contributed by atoms with Crippen molar-refractivity contribution >= 4 is 11.7 Å². The van der Waals surface area contributed by atoms with Gasteiger partial charge in [-0.3, -0.25) is 10.1 Å². The van der Waals surface area contributed by atoms with Gasteiger partial charge in [0.1, 0.15) is 0 Å². The maximum absolute atomic E-state index is 12.1. The van der Waals surface area contributed by atoms with E-state index in [-0.39, 0.29) is 17.1 Å². The van der Waals surface area contributed by atoms with E-state index in [0.29, 0.717) is 5.89 Å².